The highest BCUT2D eigenvalue weighted by molar-refractivity contribution is 9.10. The minimum atomic E-state index is -0.244. The van der Waals surface area contributed by atoms with E-state index >= 15 is 0 Å². The fourth-order valence-electron chi connectivity index (χ4n) is 2.08. The van der Waals surface area contributed by atoms with Crippen molar-refractivity contribution in [3.63, 3.8) is 0 Å². The van der Waals surface area contributed by atoms with Gasteiger partial charge in [-0.25, -0.2) is 4.39 Å². The molecule has 5 heteroatoms. The summed E-state index contributed by atoms with van der Waals surface area (Å²) in [6.45, 7) is 3.75. The van der Waals surface area contributed by atoms with Crippen LogP contribution in [-0.4, -0.2) is 17.2 Å². The number of halogens is 2. The Balaban J connectivity index is 2.55. The van der Waals surface area contributed by atoms with Crippen LogP contribution in [0, 0.1) is 19.7 Å². The van der Waals surface area contributed by atoms with Gasteiger partial charge in [-0.15, -0.1) is 0 Å². The van der Waals surface area contributed by atoms with Gasteiger partial charge >= 0.3 is 0 Å². The fraction of sp³-hybridized carbons (Fsp3) is 0.286. The van der Waals surface area contributed by atoms with Crippen LogP contribution in [0.15, 0.2) is 28.7 Å². The van der Waals surface area contributed by atoms with E-state index in [0.29, 0.717) is 5.56 Å². The number of aryl methyl sites for hydroxylation is 2. The zero-order chi connectivity index (χ0) is 14.0. The molecule has 0 bridgehead atoms. The number of nitrogens with zero attached hydrogens (tertiary/aromatic N) is 2. The molecule has 1 atom stereocenters. The molecule has 0 amide bonds. The summed E-state index contributed by atoms with van der Waals surface area (Å²) < 4.78 is 14.9. The van der Waals surface area contributed by atoms with E-state index in [4.69, 9.17) is 0 Å². The van der Waals surface area contributed by atoms with Crippen molar-refractivity contribution in [1.29, 1.82) is 0 Å². The Kier molecular flexibility index (Phi) is 4.27. The van der Waals surface area contributed by atoms with Gasteiger partial charge in [0.25, 0.3) is 0 Å². The van der Waals surface area contributed by atoms with Crippen LogP contribution < -0.4 is 5.32 Å². The molecule has 1 aromatic heterocycles. The second-order valence-electron chi connectivity index (χ2n) is 4.41. The lowest BCUT2D eigenvalue weighted by Crippen LogP contribution is -2.21. The molecule has 19 heavy (non-hydrogen) atoms. The molecule has 1 unspecified atom stereocenters. The smallest absolute Gasteiger partial charge is 0.128 e. The Bertz CT molecular complexity index is 550. The Labute approximate surface area is 120 Å². The molecule has 3 nitrogen and oxygen atoms in total. The first-order valence-electron chi connectivity index (χ1n) is 5.96. The van der Waals surface area contributed by atoms with Crippen LogP contribution in [0.1, 0.15) is 28.6 Å². The molecule has 0 aliphatic heterocycles. The van der Waals surface area contributed by atoms with Crippen molar-refractivity contribution in [3.8, 4) is 0 Å². The second-order valence-corrected chi connectivity index (χ2v) is 5.33. The van der Waals surface area contributed by atoms with E-state index in [2.05, 4.69) is 31.4 Å². The third-order valence-corrected chi connectivity index (χ3v) is 3.50. The Hall–Kier alpha value is -1.33. The van der Waals surface area contributed by atoms with Crippen molar-refractivity contribution in [1.82, 2.24) is 15.5 Å². The van der Waals surface area contributed by atoms with E-state index in [0.717, 1.165) is 21.4 Å². The maximum absolute atomic E-state index is 14.0. The second kappa shape index (κ2) is 5.75. The van der Waals surface area contributed by atoms with E-state index in [1.807, 2.05) is 19.9 Å². The summed E-state index contributed by atoms with van der Waals surface area (Å²) in [6.07, 6.45) is 0. The van der Waals surface area contributed by atoms with Crippen molar-refractivity contribution >= 4 is 15.9 Å². The van der Waals surface area contributed by atoms with Gasteiger partial charge in [-0.05, 0) is 50.7 Å². The van der Waals surface area contributed by atoms with Gasteiger partial charge in [0, 0.05) is 10.0 Å². The monoisotopic (exact) mass is 323 g/mol. The third kappa shape index (κ3) is 2.98. The summed E-state index contributed by atoms with van der Waals surface area (Å²) in [6, 6.07) is 6.62. The summed E-state index contributed by atoms with van der Waals surface area (Å²) in [5.41, 5.74) is 3.14. The van der Waals surface area contributed by atoms with Gasteiger partial charge in [0.2, 0.25) is 0 Å². The number of rotatable bonds is 3. The van der Waals surface area contributed by atoms with Crippen molar-refractivity contribution in [2.24, 2.45) is 0 Å². The molecule has 1 aromatic carbocycles. The molecule has 0 aliphatic carbocycles. The van der Waals surface area contributed by atoms with Crippen molar-refractivity contribution < 1.29 is 4.39 Å². The first-order chi connectivity index (χ1) is 9.02. The van der Waals surface area contributed by atoms with Crippen LogP contribution in [0.5, 0.6) is 0 Å². The van der Waals surface area contributed by atoms with Crippen LogP contribution in [-0.2, 0) is 0 Å². The Morgan fingerprint density at radius 2 is 1.89 bits per heavy atom. The lowest BCUT2D eigenvalue weighted by atomic mass is 9.97. The molecule has 0 saturated heterocycles. The maximum atomic E-state index is 14.0. The number of hydrogen-bond acceptors (Lipinski definition) is 3. The van der Waals surface area contributed by atoms with E-state index in [-0.39, 0.29) is 11.9 Å². The lowest BCUT2D eigenvalue weighted by molar-refractivity contribution is 0.572. The summed E-state index contributed by atoms with van der Waals surface area (Å²) >= 11 is 3.38. The summed E-state index contributed by atoms with van der Waals surface area (Å²) in [4.78, 5) is 0. The minimum absolute atomic E-state index is 0.239. The molecule has 0 radical (unpaired) electrons. The first kappa shape index (κ1) is 14.1. The van der Waals surface area contributed by atoms with Crippen LogP contribution in [0.4, 0.5) is 4.39 Å². The number of aromatic nitrogens is 2. The van der Waals surface area contributed by atoms with Gasteiger partial charge in [-0.1, -0.05) is 15.9 Å². The molecular weight excluding hydrogens is 309 g/mol. The van der Waals surface area contributed by atoms with E-state index in [1.54, 1.807) is 19.2 Å². The highest BCUT2D eigenvalue weighted by Gasteiger charge is 2.19. The SMILES string of the molecule is CNC(c1cc(Br)ccc1F)c1cc(C)nnc1C. The average Bonchev–Trinajstić information content (AvgIpc) is 2.38. The topological polar surface area (TPSA) is 37.8 Å². The molecule has 0 fully saturated rings. The quantitative estimate of drug-likeness (QED) is 0.941. The standard InChI is InChI=1S/C14H15BrFN3/c1-8-6-11(9(2)19-18-8)14(17-3)12-7-10(15)4-5-13(12)16/h4-7,14,17H,1-3H3. The average molecular weight is 324 g/mol. The van der Waals surface area contributed by atoms with Crippen molar-refractivity contribution in [2.75, 3.05) is 7.05 Å². The Morgan fingerprint density at radius 1 is 1.16 bits per heavy atom. The van der Waals surface area contributed by atoms with Crippen LogP contribution in [0.2, 0.25) is 0 Å². The van der Waals surface area contributed by atoms with Crippen molar-refractivity contribution in [3.05, 3.63) is 57.1 Å². The molecule has 2 rings (SSSR count). The van der Waals surface area contributed by atoms with E-state index < -0.39 is 0 Å². The predicted molar refractivity (Wildman–Crippen MR) is 76.5 cm³/mol. The maximum Gasteiger partial charge on any atom is 0.128 e. The number of hydrogen-bond donors (Lipinski definition) is 1. The van der Waals surface area contributed by atoms with Gasteiger partial charge in [-0.2, -0.15) is 10.2 Å². The molecule has 2 aromatic rings. The largest absolute Gasteiger partial charge is 0.309 e. The summed E-state index contributed by atoms with van der Waals surface area (Å²) in [5.74, 6) is -0.239. The molecule has 1 heterocycles. The first-order valence-corrected chi connectivity index (χ1v) is 6.75. The zero-order valence-electron chi connectivity index (χ0n) is 11.0. The molecular formula is C14H15BrFN3. The van der Waals surface area contributed by atoms with Crippen LogP contribution in [0.25, 0.3) is 0 Å². The van der Waals surface area contributed by atoms with E-state index in [1.165, 1.54) is 6.07 Å². The molecule has 1 N–H and O–H groups in total. The third-order valence-electron chi connectivity index (χ3n) is 3.01. The number of nitrogens with one attached hydrogen (secondary N) is 1. The Morgan fingerprint density at radius 3 is 2.58 bits per heavy atom. The van der Waals surface area contributed by atoms with Crippen LogP contribution in [0.3, 0.4) is 0 Å². The van der Waals surface area contributed by atoms with Gasteiger partial charge in [0.15, 0.2) is 0 Å². The molecule has 0 saturated carbocycles. The number of benzene rings is 1. The van der Waals surface area contributed by atoms with Crippen molar-refractivity contribution in [2.45, 2.75) is 19.9 Å². The van der Waals surface area contributed by atoms with Gasteiger partial charge in [0.1, 0.15) is 5.82 Å². The minimum Gasteiger partial charge on any atom is -0.309 e. The van der Waals surface area contributed by atoms with Crippen LogP contribution >= 0.6 is 15.9 Å². The predicted octanol–water partition coefficient (Wildman–Crippen LogP) is 3.30. The normalized spacial score (nSPS) is 12.5. The molecule has 100 valence electrons. The lowest BCUT2D eigenvalue weighted by Gasteiger charge is -2.19. The van der Waals surface area contributed by atoms with Gasteiger partial charge in [-0.3, -0.25) is 0 Å². The summed E-state index contributed by atoms with van der Waals surface area (Å²) in [7, 11) is 1.81. The summed E-state index contributed by atoms with van der Waals surface area (Å²) in [5, 5.41) is 11.3. The highest BCUT2D eigenvalue weighted by Crippen LogP contribution is 2.28. The van der Waals surface area contributed by atoms with E-state index in [9.17, 15) is 4.39 Å². The zero-order valence-corrected chi connectivity index (χ0v) is 12.6. The molecule has 0 spiro atoms. The fourth-order valence-corrected chi connectivity index (χ4v) is 2.46. The van der Waals surface area contributed by atoms with Gasteiger partial charge in [0.05, 0.1) is 17.4 Å². The van der Waals surface area contributed by atoms with Gasteiger partial charge < -0.3 is 5.32 Å². The highest BCUT2D eigenvalue weighted by atomic mass is 79.9. The molecule has 0 aliphatic rings.